The van der Waals surface area contributed by atoms with E-state index in [9.17, 15) is 45.1 Å². The maximum atomic E-state index is 14.1. The van der Waals surface area contributed by atoms with Crippen LogP contribution in [0.2, 0.25) is 0 Å². The highest BCUT2D eigenvalue weighted by Crippen LogP contribution is 2.41. The topological polar surface area (TPSA) is 69.7 Å². The Balaban J connectivity index is 1.72. The first-order valence-corrected chi connectivity index (χ1v) is 14.9. The summed E-state index contributed by atoms with van der Waals surface area (Å²) in [5, 5.41) is 3.14. The van der Waals surface area contributed by atoms with Crippen molar-refractivity contribution in [3.8, 4) is 0 Å². The van der Waals surface area contributed by atoms with Gasteiger partial charge in [-0.25, -0.2) is 14.0 Å². The number of halogens is 7. The second-order valence-electron chi connectivity index (χ2n) is 12.7. The lowest BCUT2D eigenvalue weighted by Gasteiger charge is -2.47. The number of hydrogen-bond donors (Lipinski definition) is 1. The number of imide groups is 1. The van der Waals surface area contributed by atoms with Crippen LogP contribution in [0.1, 0.15) is 60.9 Å². The summed E-state index contributed by atoms with van der Waals surface area (Å²) in [6.07, 6.45) is -9.98. The van der Waals surface area contributed by atoms with Crippen LogP contribution in [0.15, 0.2) is 36.4 Å². The average Bonchev–Trinajstić information content (AvgIpc) is 2.98. The molecule has 0 aromatic heterocycles. The summed E-state index contributed by atoms with van der Waals surface area (Å²) < 4.78 is 95.6. The van der Waals surface area contributed by atoms with Crippen molar-refractivity contribution in [2.24, 2.45) is 0 Å². The number of carbonyl (C=O) groups excluding carboxylic acids is 3. The monoisotopic (exact) mass is 659 g/mol. The molecule has 0 saturated carbocycles. The van der Waals surface area contributed by atoms with E-state index in [4.69, 9.17) is 0 Å². The van der Waals surface area contributed by atoms with Crippen molar-refractivity contribution in [3.05, 3.63) is 70.0 Å². The lowest BCUT2D eigenvalue weighted by molar-refractivity contribution is -0.779. The van der Waals surface area contributed by atoms with Crippen molar-refractivity contribution >= 4 is 17.8 Å². The van der Waals surface area contributed by atoms with Gasteiger partial charge in [0.05, 0.1) is 23.5 Å². The largest absolute Gasteiger partial charge is 0.426 e. The molecule has 0 spiro atoms. The summed E-state index contributed by atoms with van der Waals surface area (Å²) in [6.45, 7) is 7.20. The normalized spacial score (nSPS) is 20.7. The van der Waals surface area contributed by atoms with Crippen LogP contribution in [0.5, 0.6) is 0 Å². The fourth-order valence-electron chi connectivity index (χ4n) is 6.66. The maximum absolute atomic E-state index is 14.1. The summed E-state index contributed by atoms with van der Waals surface area (Å²) in [7, 11) is 1.43. The lowest BCUT2D eigenvalue weighted by atomic mass is 9.78. The second kappa shape index (κ2) is 12.6. The third kappa shape index (κ3) is 6.78. The van der Waals surface area contributed by atoms with Gasteiger partial charge in [0.25, 0.3) is 0 Å². The molecule has 2 aromatic rings. The van der Waals surface area contributed by atoms with Gasteiger partial charge >= 0.3 is 24.3 Å². The molecule has 0 aliphatic carbocycles. The van der Waals surface area contributed by atoms with E-state index in [0.717, 1.165) is 0 Å². The van der Waals surface area contributed by atoms with Crippen LogP contribution in [0, 0.1) is 12.7 Å². The highest BCUT2D eigenvalue weighted by atomic mass is 19.4. The highest BCUT2D eigenvalue weighted by molar-refractivity contribution is 5.88. The van der Waals surface area contributed by atoms with Crippen LogP contribution >= 0.6 is 0 Å². The van der Waals surface area contributed by atoms with Crippen molar-refractivity contribution < 1.29 is 49.6 Å². The Morgan fingerprint density at radius 2 is 1.46 bits per heavy atom. The summed E-state index contributed by atoms with van der Waals surface area (Å²) in [5.74, 6) is -2.15. The number of nitrogens with zero attached hydrogens (tertiary/aromatic N) is 3. The second-order valence-corrected chi connectivity index (χ2v) is 12.7. The Hall–Kier alpha value is -3.52. The first-order chi connectivity index (χ1) is 21.2. The Morgan fingerprint density at radius 3 is 1.96 bits per heavy atom. The smallest absolute Gasteiger partial charge is 0.341 e. The fourth-order valence-corrected chi connectivity index (χ4v) is 6.66. The molecule has 0 radical (unpaired) electrons. The molecule has 2 fully saturated rings. The van der Waals surface area contributed by atoms with Crippen molar-refractivity contribution in [1.29, 1.82) is 0 Å². The molecule has 2 heterocycles. The first-order valence-electron chi connectivity index (χ1n) is 14.9. The number of nitrogens with one attached hydrogen (secondary N) is 1. The first kappa shape index (κ1) is 35.3. The van der Waals surface area contributed by atoms with E-state index in [2.05, 4.69) is 5.32 Å². The Bertz CT molecular complexity index is 1470. The predicted octanol–water partition coefficient (Wildman–Crippen LogP) is 5.85. The number of urea groups is 1. The average molecular weight is 660 g/mol. The molecular formula is C32H38F7N4O3+. The molecule has 0 bridgehead atoms. The van der Waals surface area contributed by atoms with Gasteiger partial charge in [0.15, 0.2) is 0 Å². The number of quaternary nitrogens is 1. The standard InChI is InChI=1S/C32H38F7N4O3/c1-19-14-24(33)6-7-25(19)26-18-42(29(46)43(20(2)44)12-9-40-10-13-43)11-8-27(26)41(5)28(45)30(3,4)21-15-22(31(34,35)36)17-23(16-21)32(37,38)39/h6-7,14-17,26-27,40H,8-13,18H2,1-5H3/q+1/t26-,27+/m1/s1. The number of alkyl halides is 6. The van der Waals surface area contributed by atoms with Crippen LogP contribution in [-0.4, -0.2) is 84.5 Å². The Labute approximate surface area is 262 Å². The molecule has 2 atom stereocenters. The van der Waals surface area contributed by atoms with Crippen LogP contribution in [0.4, 0.5) is 35.5 Å². The van der Waals surface area contributed by atoms with Gasteiger partial charge in [0.2, 0.25) is 5.91 Å². The number of benzene rings is 2. The van der Waals surface area contributed by atoms with E-state index in [-0.39, 0.29) is 49.1 Å². The maximum Gasteiger partial charge on any atom is 0.426 e. The number of hydrogen-bond acceptors (Lipinski definition) is 4. The number of aryl methyl sites for hydroxylation is 1. The molecule has 2 aliphatic heterocycles. The SMILES string of the molecule is CC(=O)[N+]1(C(=O)N2CC[C@H](N(C)C(=O)C(C)(C)c3cc(C(F)(F)F)cc(C(F)(F)F)c3)[C@@H](c3ccc(F)cc3C)C2)CCNCC1. The minimum Gasteiger partial charge on any atom is -0.341 e. The molecule has 0 unspecified atom stereocenters. The number of piperazine rings is 1. The van der Waals surface area contributed by atoms with Gasteiger partial charge in [-0.1, -0.05) is 6.07 Å². The van der Waals surface area contributed by atoms with Crippen LogP contribution in [0.25, 0.3) is 0 Å². The molecule has 7 nitrogen and oxygen atoms in total. The predicted molar refractivity (Wildman–Crippen MR) is 155 cm³/mol. The number of rotatable bonds is 4. The van der Waals surface area contributed by atoms with Gasteiger partial charge in [-0.15, -0.1) is 0 Å². The number of likely N-dealkylation sites (tertiary alicyclic amines) is 1. The molecule has 4 amide bonds. The van der Waals surface area contributed by atoms with Gasteiger partial charge in [-0.2, -0.15) is 30.8 Å². The van der Waals surface area contributed by atoms with E-state index in [1.165, 1.54) is 44.9 Å². The van der Waals surface area contributed by atoms with Crippen LogP contribution in [0.3, 0.4) is 0 Å². The quantitative estimate of drug-likeness (QED) is 0.331. The van der Waals surface area contributed by atoms with Crippen molar-refractivity contribution in [2.75, 3.05) is 46.3 Å². The number of carbonyl (C=O) groups is 3. The minimum atomic E-state index is -5.09. The van der Waals surface area contributed by atoms with E-state index in [1.54, 1.807) is 17.9 Å². The van der Waals surface area contributed by atoms with Crippen LogP contribution < -0.4 is 5.32 Å². The van der Waals surface area contributed by atoms with Gasteiger partial charge in [0.1, 0.15) is 18.9 Å². The molecule has 14 heteroatoms. The molecule has 2 aliphatic rings. The number of piperidine rings is 1. The molecule has 2 saturated heterocycles. The molecule has 46 heavy (non-hydrogen) atoms. The zero-order valence-electron chi connectivity index (χ0n) is 26.3. The Kier molecular flexibility index (Phi) is 9.67. The zero-order valence-corrected chi connectivity index (χ0v) is 26.3. The van der Waals surface area contributed by atoms with Gasteiger partial charge in [-0.3, -0.25) is 9.69 Å². The fraction of sp³-hybridized carbons (Fsp3) is 0.531. The Morgan fingerprint density at radius 1 is 0.913 bits per heavy atom. The van der Waals surface area contributed by atoms with E-state index >= 15 is 0 Å². The van der Waals surface area contributed by atoms with E-state index in [1.807, 2.05) is 0 Å². The molecule has 4 rings (SSSR count). The van der Waals surface area contributed by atoms with Gasteiger partial charge in [-0.05, 0) is 74.2 Å². The van der Waals surface area contributed by atoms with Crippen molar-refractivity contribution in [3.63, 3.8) is 0 Å². The number of likely N-dealkylation sites (N-methyl/N-ethyl adjacent to an activating group) is 1. The van der Waals surface area contributed by atoms with Gasteiger partial charge in [0, 0.05) is 45.2 Å². The molecule has 2 aromatic carbocycles. The van der Waals surface area contributed by atoms with E-state index in [0.29, 0.717) is 36.3 Å². The molecular weight excluding hydrogens is 621 g/mol. The summed E-state index contributed by atoms with van der Waals surface area (Å²) in [6, 6.07) is 4.17. The minimum absolute atomic E-state index is 0.0164. The zero-order chi connectivity index (χ0) is 34.4. The summed E-state index contributed by atoms with van der Waals surface area (Å²) >= 11 is 0. The van der Waals surface area contributed by atoms with Crippen molar-refractivity contribution in [1.82, 2.24) is 15.1 Å². The van der Waals surface area contributed by atoms with E-state index < -0.39 is 64.2 Å². The third-order valence-electron chi connectivity index (χ3n) is 9.45. The van der Waals surface area contributed by atoms with Crippen molar-refractivity contribution in [2.45, 2.75) is 63.8 Å². The van der Waals surface area contributed by atoms with Gasteiger partial charge < -0.3 is 10.2 Å². The third-order valence-corrected chi connectivity index (χ3v) is 9.45. The lowest BCUT2D eigenvalue weighted by Crippen LogP contribution is -2.68. The van der Waals surface area contributed by atoms with Crippen LogP contribution in [-0.2, 0) is 27.4 Å². The highest BCUT2D eigenvalue weighted by Gasteiger charge is 2.50. The molecule has 1 N–H and O–H groups in total. The summed E-state index contributed by atoms with van der Waals surface area (Å²) in [4.78, 5) is 43.7. The number of amides is 4. The summed E-state index contributed by atoms with van der Waals surface area (Å²) in [5.41, 5.74) is -4.17. The molecule has 252 valence electrons.